The lowest BCUT2D eigenvalue weighted by Crippen LogP contribution is -2.66. The number of carbonyl (C=O) groups excluding carboxylic acids is 12. The third kappa shape index (κ3) is 27.7. The van der Waals surface area contributed by atoms with Crippen LogP contribution in [0.1, 0.15) is 214 Å². The molecule has 4 rings (SSSR count). The molecule has 4 aliphatic rings. The van der Waals surface area contributed by atoms with E-state index in [1.165, 1.54) is 64.0 Å². The van der Waals surface area contributed by atoms with Crippen molar-refractivity contribution in [3.63, 3.8) is 0 Å². The highest BCUT2D eigenvalue weighted by atomic mass is 16.6. The Morgan fingerprint density at radius 3 is 0.596 bits per heavy atom. The van der Waals surface area contributed by atoms with E-state index in [0.717, 1.165) is 0 Å². The van der Waals surface area contributed by atoms with E-state index >= 15 is 33.6 Å². The molecule has 13 N–H and O–H groups in total. The van der Waals surface area contributed by atoms with Crippen LogP contribution in [0, 0.1) is 47.3 Å². The van der Waals surface area contributed by atoms with E-state index < -0.39 is 190 Å². The number of esters is 1. The topological polar surface area (TPSA) is 446 Å². The van der Waals surface area contributed by atoms with Gasteiger partial charge in [-0.15, -0.1) is 0 Å². The summed E-state index contributed by atoms with van der Waals surface area (Å²) in [5, 5.41) is 32.0. The number of amides is 11. The van der Waals surface area contributed by atoms with E-state index in [4.69, 9.17) is 48.4 Å². The van der Waals surface area contributed by atoms with Gasteiger partial charge in [-0.1, -0.05) is 111 Å². The Morgan fingerprint density at radius 1 is 0.254 bits per heavy atom. The molecular formula is C81H144N12O21. The fourth-order valence-electron chi connectivity index (χ4n) is 16.4. The van der Waals surface area contributed by atoms with Crippen molar-refractivity contribution < 1.29 is 100 Å². The fraction of sp³-hybridized carbons (Fsp3) is 0.852. The van der Waals surface area contributed by atoms with Crippen LogP contribution in [-0.4, -0.2) is 254 Å². The van der Waals surface area contributed by atoms with Gasteiger partial charge < -0.3 is 107 Å². The van der Waals surface area contributed by atoms with Crippen LogP contribution >= 0.6 is 0 Å². The molecule has 11 amide bonds. The molecule has 33 heteroatoms. The number of methoxy groups -OCH3 is 9. The van der Waals surface area contributed by atoms with Crippen LogP contribution in [0.3, 0.4) is 0 Å². The fourth-order valence-corrected chi connectivity index (χ4v) is 16.4. The minimum absolute atomic E-state index is 0.0184. The maximum absolute atomic E-state index is 15.6. The van der Waals surface area contributed by atoms with Crippen LogP contribution in [-0.2, 0) is 100 Å². The Labute approximate surface area is 676 Å². The van der Waals surface area contributed by atoms with Crippen molar-refractivity contribution >= 4 is 70.9 Å². The minimum Gasteiger partial charge on any atom is -0.467 e. The Bertz CT molecular complexity index is 3140. The highest BCUT2D eigenvalue weighted by molar-refractivity contribution is 6.02. The first kappa shape index (κ1) is 99.6. The Kier molecular flexibility index (Phi) is 39.6. The smallest absolute Gasteiger partial charge is 0.331 e. The zero-order valence-corrected chi connectivity index (χ0v) is 72.8. The van der Waals surface area contributed by atoms with E-state index in [9.17, 15) is 24.0 Å². The summed E-state index contributed by atoms with van der Waals surface area (Å²) in [5.74, 6) is -10.1. The second kappa shape index (κ2) is 45.3. The van der Waals surface area contributed by atoms with E-state index in [0.29, 0.717) is 6.42 Å². The third-order valence-electron chi connectivity index (χ3n) is 22.2. The molecule has 0 saturated heterocycles. The molecular weight excluding hydrogens is 1480 g/mol. The van der Waals surface area contributed by atoms with Gasteiger partial charge in [-0.3, -0.25) is 52.7 Å². The van der Waals surface area contributed by atoms with Crippen LogP contribution in [0.2, 0.25) is 0 Å². The van der Waals surface area contributed by atoms with E-state index in [-0.39, 0.29) is 144 Å². The molecule has 0 bridgehead atoms. The van der Waals surface area contributed by atoms with Gasteiger partial charge in [0.05, 0.1) is 62.0 Å². The van der Waals surface area contributed by atoms with Gasteiger partial charge in [0.1, 0.15) is 64.4 Å². The van der Waals surface area contributed by atoms with Crippen LogP contribution in [0.25, 0.3) is 0 Å². The number of carbonyl (C=O) groups is 12. The first-order chi connectivity index (χ1) is 53.3. The van der Waals surface area contributed by atoms with Crippen molar-refractivity contribution in [2.75, 3.05) is 64.0 Å². The van der Waals surface area contributed by atoms with Crippen LogP contribution in [0.5, 0.6) is 0 Å². The summed E-state index contributed by atoms with van der Waals surface area (Å²) < 4.78 is 51.5. The van der Waals surface area contributed by atoms with Gasteiger partial charge in [0, 0.05) is 108 Å². The molecule has 16 atom stereocenters. The molecule has 0 heterocycles. The maximum atomic E-state index is 15.6. The number of ether oxygens (including phenoxy) is 9. The summed E-state index contributed by atoms with van der Waals surface area (Å²) >= 11 is 0. The van der Waals surface area contributed by atoms with Gasteiger partial charge in [-0.05, 0) is 98.7 Å². The van der Waals surface area contributed by atoms with E-state index in [2.05, 4.69) is 58.5 Å². The van der Waals surface area contributed by atoms with E-state index in [1.54, 1.807) is 0 Å². The third-order valence-corrected chi connectivity index (χ3v) is 22.2. The molecule has 4 aliphatic carbocycles. The first-order valence-corrected chi connectivity index (χ1v) is 40.8. The highest BCUT2D eigenvalue weighted by Crippen LogP contribution is 2.40. The van der Waals surface area contributed by atoms with Crippen molar-refractivity contribution in [3.05, 3.63) is 0 Å². The van der Waals surface area contributed by atoms with E-state index in [1.807, 2.05) is 111 Å². The molecule has 0 aromatic rings. The van der Waals surface area contributed by atoms with Gasteiger partial charge in [0.25, 0.3) is 0 Å². The molecule has 4 saturated carbocycles. The van der Waals surface area contributed by atoms with Gasteiger partial charge in [-0.25, -0.2) is 4.79 Å². The predicted molar refractivity (Wildman–Crippen MR) is 426 cm³/mol. The Hall–Kier alpha value is -6.72. The summed E-state index contributed by atoms with van der Waals surface area (Å²) in [6.07, 6.45) is -5.43. The quantitative estimate of drug-likeness (QED) is 0.0390. The number of hydrogen-bond acceptors (Lipinski definition) is 22. The molecule has 0 aromatic carbocycles. The van der Waals surface area contributed by atoms with Gasteiger partial charge in [-0.2, -0.15) is 0 Å². The van der Waals surface area contributed by atoms with Crippen LogP contribution in [0.4, 0.5) is 0 Å². The largest absolute Gasteiger partial charge is 0.467 e. The van der Waals surface area contributed by atoms with Crippen molar-refractivity contribution in [3.8, 4) is 0 Å². The van der Waals surface area contributed by atoms with Crippen molar-refractivity contribution in [1.82, 2.24) is 58.5 Å². The summed E-state index contributed by atoms with van der Waals surface area (Å²) in [6.45, 7) is 29.8. The zero-order valence-electron chi connectivity index (χ0n) is 72.8. The van der Waals surface area contributed by atoms with Gasteiger partial charge in [0.15, 0.2) is 0 Å². The monoisotopic (exact) mass is 1620 g/mol. The lowest BCUT2D eigenvalue weighted by atomic mass is 9.91. The number of rotatable bonds is 47. The van der Waals surface area contributed by atoms with Gasteiger partial charge >= 0.3 is 5.97 Å². The predicted octanol–water partition coefficient (Wildman–Crippen LogP) is 2.96. The average molecular weight is 1620 g/mol. The van der Waals surface area contributed by atoms with Crippen molar-refractivity contribution in [2.45, 2.75) is 333 Å². The summed E-state index contributed by atoms with van der Waals surface area (Å²) in [4.78, 5) is 178. The lowest BCUT2D eigenvalue weighted by molar-refractivity contribution is -0.151. The molecule has 0 aliphatic heterocycles. The van der Waals surface area contributed by atoms with Gasteiger partial charge in [0.2, 0.25) is 65.0 Å². The average Bonchev–Trinajstić information content (AvgIpc) is 1.64. The molecule has 654 valence electrons. The SMILES string of the molecule is COC(=O)C1(NC(=O)[C@H](CC(C)C)NC(=O)[C@H](CC(C)C)NC(=O)C2(NC(=O)[C@H](CC(C)C)NC(=O)[C@H](CC(C)C)NC(=O)C3(NC(=O)[C@H](CC(C)C)NC(=O)[C@H](CC(C)C)NC(=O)C4(NC(=O)[C@H](CC(C)C)NC(=O)[C@@H](N)CC(C)C)C[C@H](OC)[C@@H](OC)C4)C[C@H](OC)[C@@H](OC)C3)C[C@H](OC)[C@@H](OC)C2)C[C@H](OC)[C@@H](OC)C1. The molecule has 4 fully saturated rings. The molecule has 0 radical (unpaired) electrons. The number of nitrogens with one attached hydrogen (secondary N) is 11. The summed E-state index contributed by atoms with van der Waals surface area (Å²) in [5.41, 5.74) is -0.747. The Morgan fingerprint density at radius 2 is 0.421 bits per heavy atom. The second-order valence-corrected chi connectivity index (χ2v) is 35.6. The minimum atomic E-state index is -1.88. The normalized spacial score (nSPS) is 23.6. The maximum Gasteiger partial charge on any atom is 0.331 e. The second-order valence-electron chi connectivity index (χ2n) is 35.6. The lowest BCUT2D eigenvalue weighted by Gasteiger charge is -2.35. The van der Waals surface area contributed by atoms with Crippen molar-refractivity contribution in [1.29, 1.82) is 0 Å². The van der Waals surface area contributed by atoms with Crippen molar-refractivity contribution in [2.24, 2.45) is 53.1 Å². The Balaban J connectivity index is 1.71. The van der Waals surface area contributed by atoms with Crippen LogP contribution in [0.15, 0.2) is 0 Å². The highest BCUT2D eigenvalue weighted by Gasteiger charge is 2.58. The summed E-state index contributed by atoms with van der Waals surface area (Å²) in [7, 11) is 12.8. The summed E-state index contributed by atoms with van der Waals surface area (Å²) in [6, 6.07) is -9.89. The number of hydrogen-bond donors (Lipinski definition) is 12. The molecule has 114 heavy (non-hydrogen) atoms. The zero-order chi connectivity index (χ0) is 86.2. The first-order valence-electron chi connectivity index (χ1n) is 40.8. The molecule has 0 unspecified atom stereocenters. The number of nitrogens with two attached hydrogens (primary N) is 1. The molecule has 0 spiro atoms. The molecule has 0 aromatic heterocycles. The standard InChI is InChI=1S/C81H144N12O21/c1-42(2)26-50(82)66(94)83-54(30-46(9)10)70(98)90-78(34-58(106-17)59(35-78)107-18)74(102)87-51(27-43(3)4)67(95)84-55(31-47(11)12)71(99)91-79(36-60(108-19)61(37-79)109-20)75(103)88-52(28-44(5)6)68(96)85-56(32-48(13)14)72(100)92-80(38-62(110-21)63(39-80)111-22)76(104)89-53(29-45(7)8)69(97)86-57(33-49(15)16)73(101)93-81(77(105)114-25)40-64(112-23)65(41-81)113-24/h42-65H,26-41,82H2,1-25H3,(H,83,94)(H,84,95)(H,85,96)(H,86,97)(H,87,102)(H,88,103)(H,89,104)(H,90,98)(H,91,99)(H,92,100)(H,93,101)/t50-,51-,52-,53-,54-,55-,56-,57-,58-,59-,60-,61-,62-,63-,64-,65-/m0/s1. The molecule has 33 nitrogen and oxygen atoms in total. The van der Waals surface area contributed by atoms with Crippen LogP contribution < -0.4 is 64.2 Å².